The number of benzene rings is 1. The molecule has 7 nitrogen and oxygen atoms in total. The molecule has 0 saturated carbocycles. The first-order valence-corrected chi connectivity index (χ1v) is 9.68. The molecule has 2 rings (SSSR count). The lowest BCUT2D eigenvalue weighted by Gasteiger charge is -2.20. The summed E-state index contributed by atoms with van der Waals surface area (Å²) in [6.07, 6.45) is -0.677. The molecular weight excluding hydrogens is 374 g/mol. The molecule has 0 spiro atoms. The van der Waals surface area contributed by atoms with Crippen LogP contribution in [0, 0.1) is 5.92 Å². The van der Waals surface area contributed by atoms with Crippen molar-refractivity contribution in [3.05, 3.63) is 42.0 Å². The maximum atomic E-state index is 11.9. The summed E-state index contributed by atoms with van der Waals surface area (Å²) in [7, 11) is 1.51. The predicted molar refractivity (Wildman–Crippen MR) is 109 cm³/mol. The van der Waals surface area contributed by atoms with Crippen molar-refractivity contribution in [2.24, 2.45) is 5.92 Å². The molecule has 3 atom stereocenters. The van der Waals surface area contributed by atoms with Gasteiger partial charge in [-0.05, 0) is 38.0 Å². The van der Waals surface area contributed by atoms with E-state index in [-0.39, 0.29) is 18.0 Å². The number of hydrogen-bond acceptors (Lipinski definition) is 6. The molecule has 29 heavy (non-hydrogen) atoms. The summed E-state index contributed by atoms with van der Waals surface area (Å²) in [5, 5.41) is 2.65. The average molecular weight is 405 g/mol. The number of ether oxygens (including phenoxy) is 4. The third-order valence-electron chi connectivity index (χ3n) is 4.47. The molecule has 1 aliphatic rings. The van der Waals surface area contributed by atoms with Crippen molar-refractivity contribution in [3.63, 3.8) is 0 Å². The summed E-state index contributed by atoms with van der Waals surface area (Å²) in [5.74, 6) is -0.251. The molecule has 1 saturated heterocycles. The molecule has 0 bridgehead atoms. The van der Waals surface area contributed by atoms with Gasteiger partial charge in [0.15, 0.2) is 6.10 Å². The highest BCUT2D eigenvalue weighted by atomic mass is 16.6. The Morgan fingerprint density at radius 2 is 2.10 bits per heavy atom. The topological polar surface area (TPSA) is 83.1 Å². The first-order valence-electron chi connectivity index (χ1n) is 9.68. The summed E-state index contributed by atoms with van der Waals surface area (Å²) in [5.41, 5.74) is 1.60. The Hall–Kier alpha value is -2.38. The van der Waals surface area contributed by atoms with E-state index in [0.717, 1.165) is 11.1 Å². The van der Waals surface area contributed by atoms with Crippen molar-refractivity contribution in [2.45, 2.75) is 58.5 Å². The van der Waals surface area contributed by atoms with Crippen LogP contribution < -0.4 is 5.32 Å². The van der Waals surface area contributed by atoms with Gasteiger partial charge in [-0.15, -0.1) is 0 Å². The molecule has 0 aromatic heterocycles. The molecule has 0 radical (unpaired) electrons. The Bertz CT molecular complexity index is 739. The van der Waals surface area contributed by atoms with E-state index in [9.17, 15) is 9.59 Å². The first-order chi connectivity index (χ1) is 13.6. The van der Waals surface area contributed by atoms with Crippen LogP contribution in [0.1, 0.15) is 45.2 Å². The fraction of sp³-hybridized carbons (Fsp3) is 0.545. The number of rotatable bonds is 8. The largest absolute Gasteiger partial charge is 0.460 e. The standard InChI is InChI=1S/C22H31NO6/c1-14(18-11-19(26-6)20(24)28-18)12-27-13-16-8-7-9-17(10-16)15(2)23-21(25)29-22(3,4)5/h7-10,14,18-19H,2,11-13H2,1,3-6H3,(H,23,25)/t14-,18-,19+/m0/s1. The normalized spacial score (nSPS) is 20.1. The van der Waals surface area contributed by atoms with E-state index in [2.05, 4.69) is 11.9 Å². The minimum atomic E-state index is -0.576. The number of amides is 1. The average Bonchev–Trinajstić information content (AvgIpc) is 3.01. The van der Waals surface area contributed by atoms with E-state index >= 15 is 0 Å². The van der Waals surface area contributed by atoms with Crippen LogP contribution in [0.4, 0.5) is 4.79 Å². The predicted octanol–water partition coefficient (Wildman–Crippen LogP) is 3.67. The minimum Gasteiger partial charge on any atom is -0.460 e. The highest BCUT2D eigenvalue weighted by Gasteiger charge is 2.37. The lowest BCUT2D eigenvalue weighted by atomic mass is 10.0. The molecule has 1 aromatic carbocycles. The lowest BCUT2D eigenvalue weighted by Crippen LogP contribution is -2.31. The molecule has 1 amide bonds. The second-order valence-electron chi connectivity index (χ2n) is 8.23. The van der Waals surface area contributed by atoms with Crippen molar-refractivity contribution in [1.82, 2.24) is 5.32 Å². The van der Waals surface area contributed by atoms with Crippen molar-refractivity contribution < 1.29 is 28.5 Å². The summed E-state index contributed by atoms with van der Waals surface area (Å²) in [6, 6.07) is 7.57. The molecule has 0 unspecified atom stereocenters. The van der Waals surface area contributed by atoms with Gasteiger partial charge in [0.1, 0.15) is 11.7 Å². The molecule has 160 valence electrons. The molecule has 1 fully saturated rings. The van der Waals surface area contributed by atoms with E-state index < -0.39 is 17.8 Å². The maximum Gasteiger partial charge on any atom is 0.412 e. The lowest BCUT2D eigenvalue weighted by molar-refractivity contribution is -0.150. The van der Waals surface area contributed by atoms with Gasteiger partial charge in [-0.2, -0.15) is 0 Å². The van der Waals surface area contributed by atoms with Gasteiger partial charge in [0, 0.05) is 25.1 Å². The van der Waals surface area contributed by atoms with Gasteiger partial charge in [0.05, 0.1) is 13.2 Å². The number of carbonyl (C=O) groups excluding carboxylic acids is 2. The highest BCUT2D eigenvalue weighted by molar-refractivity contribution is 5.81. The number of alkyl carbamates (subject to hydrolysis) is 1. The third-order valence-corrected chi connectivity index (χ3v) is 4.47. The molecule has 1 N–H and O–H groups in total. The monoisotopic (exact) mass is 405 g/mol. The SMILES string of the molecule is C=C(NC(=O)OC(C)(C)C)c1cccc(COC[C@H](C)[C@@H]2C[C@@H](OC)C(=O)O2)c1. The van der Waals surface area contributed by atoms with Gasteiger partial charge in [0.2, 0.25) is 0 Å². The Labute approximate surface area is 172 Å². The first kappa shape index (κ1) is 22.9. The molecular formula is C22H31NO6. The zero-order chi connectivity index (χ0) is 21.6. The van der Waals surface area contributed by atoms with E-state index in [4.69, 9.17) is 18.9 Å². The van der Waals surface area contributed by atoms with Crippen molar-refractivity contribution >= 4 is 17.8 Å². The second kappa shape index (κ2) is 9.89. The fourth-order valence-electron chi connectivity index (χ4n) is 2.94. The number of cyclic esters (lactones) is 1. The van der Waals surface area contributed by atoms with Crippen molar-refractivity contribution in [3.8, 4) is 0 Å². The molecule has 1 aromatic rings. The number of hydrogen-bond donors (Lipinski definition) is 1. The Morgan fingerprint density at radius 1 is 1.38 bits per heavy atom. The Kier molecular flexibility index (Phi) is 7.81. The minimum absolute atomic E-state index is 0.0612. The van der Waals surface area contributed by atoms with Crippen LogP contribution in [0.15, 0.2) is 30.8 Å². The van der Waals surface area contributed by atoms with E-state index in [1.54, 1.807) is 20.8 Å². The maximum absolute atomic E-state index is 11.9. The number of nitrogens with one attached hydrogen (secondary N) is 1. The summed E-state index contributed by atoms with van der Waals surface area (Å²) < 4.78 is 21.5. The molecule has 7 heteroatoms. The molecule has 0 aliphatic carbocycles. The summed E-state index contributed by atoms with van der Waals surface area (Å²) >= 11 is 0. The third kappa shape index (κ3) is 7.18. The fourth-order valence-corrected chi connectivity index (χ4v) is 2.94. The Morgan fingerprint density at radius 3 is 2.72 bits per heavy atom. The van der Waals surface area contributed by atoms with Crippen molar-refractivity contribution in [1.29, 1.82) is 0 Å². The van der Waals surface area contributed by atoms with Crippen LogP contribution in [-0.2, 0) is 30.3 Å². The quantitative estimate of drug-likeness (QED) is 0.665. The van der Waals surface area contributed by atoms with Crippen LogP contribution in [0.5, 0.6) is 0 Å². The zero-order valence-corrected chi connectivity index (χ0v) is 17.8. The Balaban J connectivity index is 1.83. The number of carbonyl (C=O) groups is 2. The molecule has 1 aliphatic heterocycles. The van der Waals surface area contributed by atoms with E-state index in [1.165, 1.54) is 7.11 Å². The molecule has 1 heterocycles. The van der Waals surface area contributed by atoms with Gasteiger partial charge < -0.3 is 18.9 Å². The van der Waals surface area contributed by atoms with Gasteiger partial charge in [0.25, 0.3) is 0 Å². The van der Waals surface area contributed by atoms with Gasteiger partial charge in [-0.1, -0.05) is 31.7 Å². The second-order valence-corrected chi connectivity index (χ2v) is 8.23. The zero-order valence-electron chi connectivity index (χ0n) is 17.8. The number of esters is 1. The van der Waals surface area contributed by atoms with Crippen LogP contribution >= 0.6 is 0 Å². The van der Waals surface area contributed by atoms with Crippen LogP contribution in [0.2, 0.25) is 0 Å². The van der Waals surface area contributed by atoms with E-state index in [1.807, 2.05) is 31.2 Å². The van der Waals surface area contributed by atoms with Crippen LogP contribution in [0.3, 0.4) is 0 Å². The van der Waals surface area contributed by atoms with Crippen LogP contribution in [0.25, 0.3) is 5.70 Å². The summed E-state index contributed by atoms with van der Waals surface area (Å²) in [6.45, 7) is 12.1. The highest BCUT2D eigenvalue weighted by Crippen LogP contribution is 2.24. The van der Waals surface area contributed by atoms with Gasteiger partial charge in [-0.3, -0.25) is 5.32 Å². The van der Waals surface area contributed by atoms with E-state index in [0.29, 0.717) is 25.3 Å². The van der Waals surface area contributed by atoms with Gasteiger partial charge >= 0.3 is 12.1 Å². The summed E-state index contributed by atoms with van der Waals surface area (Å²) in [4.78, 5) is 23.5. The smallest absolute Gasteiger partial charge is 0.412 e. The van der Waals surface area contributed by atoms with Crippen LogP contribution in [-0.4, -0.2) is 43.6 Å². The number of methoxy groups -OCH3 is 1. The van der Waals surface area contributed by atoms with Gasteiger partial charge in [-0.25, -0.2) is 9.59 Å². The van der Waals surface area contributed by atoms with Crippen molar-refractivity contribution in [2.75, 3.05) is 13.7 Å².